The first-order chi connectivity index (χ1) is 3.66. The Balaban J connectivity index is 0. The number of nitrogens with one attached hydrogen (secondary N) is 1. The van der Waals surface area contributed by atoms with E-state index in [0.29, 0.717) is 0 Å². The Kier molecular flexibility index (Phi) is 9.73. The Morgan fingerprint density at radius 2 is 2.22 bits per heavy atom. The first-order valence-electron chi connectivity index (χ1n) is 2.44. The summed E-state index contributed by atoms with van der Waals surface area (Å²) in [7, 11) is 1.32. The fraction of sp³-hybridized carbons (Fsp3) is 0.800. The second-order valence-corrected chi connectivity index (χ2v) is 1.68. The molecule has 9 heavy (non-hydrogen) atoms. The quantitative estimate of drug-likeness (QED) is 0.703. The van der Waals surface area contributed by atoms with Crippen LogP contribution < -0.4 is 0 Å². The number of hydrogen-bond acceptors (Lipinski definition) is 2. The van der Waals surface area contributed by atoms with Crippen LogP contribution in [0.25, 0.3) is 5.73 Å². The summed E-state index contributed by atoms with van der Waals surface area (Å²) in [6, 6.07) is -0.345. The van der Waals surface area contributed by atoms with E-state index in [1.807, 2.05) is 0 Å². The van der Waals surface area contributed by atoms with Crippen molar-refractivity contribution in [1.82, 2.24) is 0 Å². The maximum atomic E-state index is 10.3. The van der Waals surface area contributed by atoms with Gasteiger partial charge < -0.3 is 10.5 Å². The molecule has 0 aromatic heterocycles. The van der Waals surface area contributed by atoms with Gasteiger partial charge >= 0.3 is 5.97 Å². The molecule has 1 N–H and O–H groups in total. The van der Waals surface area contributed by atoms with Crippen molar-refractivity contribution in [2.24, 2.45) is 0 Å². The van der Waals surface area contributed by atoms with Crippen molar-refractivity contribution < 1.29 is 53.6 Å². The Morgan fingerprint density at radius 3 is 2.33 bits per heavy atom. The fourth-order valence-electron chi connectivity index (χ4n) is 0.333. The molecule has 0 aliphatic rings. The third-order valence-corrected chi connectivity index (χ3v) is 0.701. The molecule has 1 unspecified atom stereocenters. The molecule has 0 aliphatic heterocycles. The SMILES string of the molecule is COC(=O)CC(C)[NH-].[Ac]. The summed E-state index contributed by atoms with van der Waals surface area (Å²) in [6.45, 7) is 1.65. The third kappa shape index (κ3) is 8.87. The predicted octanol–water partition coefficient (Wildman–Crippen LogP) is 0.990. The van der Waals surface area contributed by atoms with Gasteiger partial charge in [0.05, 0.1) is 7.11 Å². The fourth-order valence-corrected chi connectivity index (χ4v) is 0.333. The molecule has 1 atom stereocenters. The summed E-state index contributed by atoms with van der Waals surface area (Å²) in [5, 5.41) is 0. The molecular weight excluding hydrogens is 333 g/mol. The Bertz CT molecular complexity index is 85.0. The van der Waals surface area contributed by atoms with Gasteiger partial charge in [-0.3, -0.25) is 4.79 Å². The van der Waals surface area contributed by atoms with Crippen LogP contribution in [0, 0.1) is 44.1 Å². The molecule has 0 heterocycles. The van der Waals surface area contributed by atoms with Crippen LogP contribution >= 0.6 is 0 Å². The van der Waals surface area contributed by atoms with E-state index >= 15 is 0 Å². The molecule has 0 spiro atoms. The molecule has 51 valence electrons. The van der Waals surface area contributed by atoms with Crippen molar-refractivity contribution in [3.63, 3.8) is 0 Å². The zero-order chi connectivity index (χ0) is 6.57. The number of hydrogen-bond donors (Lipinski definition) is 0. The van der Waals surface area contributed by atoms with Gasteiger partial charge in [-0.15, -0.1) is 6.04 Å². The summed E-state index contributed by atoms with van der Waals surface area (Å²) in [5.41, 5.74) is 6.91. The molecule has 0 rings (SSSR count). The van der Waals surface area contributed by atoms with Gasteiger partial charge in [0.1, 0.15) is 0 Å². The minimum Gasteiger partial charge on any atom is -0.674 e. The van der Waals surface area contributed by atoms with Crippen molar-refractivity contribution in [3.8, 4) is 0 Å². The Morgan fingerprint density at radius 1 is 1.78 bits per heavy atom. The van der Waals surface area contributed by atoms with Crippen molar-refractivity contribution >= 4 is 5.97 Å². The molecule has 0 fully saturated rings. The minimum absolute atomic E-state index is 0. The van der Waals surface area contributed by atoms with Crippen molar-refractivity contribution in [2.45, 2.75) is 19.4 Å². The van der Waals surface area contributed by atoms with E-state index < -0.39 is 0 Å². The number of ether oxygens (including phenoxy) is 1. The standard InChI is InChI=1S/C5H10NO2.Ac/c1-4(6)3-5(7)8-2;/h4,6H,3H2,1-2H3;/q-1;. The van der Waals surface area contributed by atoms with Gasteiger partial charge in [-0.25, -0.2) is 0 Å². The maximum absolute atomic E-state index is 10.3. The molecule has 0 bridgehead atoms. The summed E-state index contributed by atoms with van der Waals surface area (Å²) >= 11 is 0. The minimum atomic E-state index is -0.345. The van der Waals surface area contributed by atoms with Crippen LogP contribution in [0.2, 0.25) is 0 Å². The molecule has 3 nitrogen and oxygen atoms in total. The molecule has 0 saturated carbocycles. The topological polar surface area (TPSA) is 50.1 Å². The van der Waals surface area contributed by atoms with E-state index in [4.69, 9.17) is 5.73 Å². The molecule has 0 aromatic rings. The monoisotopic (exact) mass is 343 g/mol. The summed E-state index contributed by atoms with van der Waals surface area (Å²) in [6.07, 6.45) is 0.191. The van der Waals surface area contributed by atoms with Crippen LogP contribution in [0.3, 0.4) is 0 Å². The molecular formula is C5H10AcNO2-. The normalized spacial score (nSPS) is 11.4. The molecule has 0 aliphatic carbocycles. The van der Waals surface area contributed by atoms with Crippen LogP contribution in [0.4, 0.5) is 0 Å². The second kappa shape index (κ2) is 6.98. The number of rotatable bonds is 2. The number of carbonyl (C=O) groups is 1. The average Bonchev–Trinajstić information content (AvgIpc) is 1.65. The summed E-state index contributed by atoms with van der Waals surface area (Å²) in [5.74, 6) is -0.312. The first-order valence-corrected chi connectivity index (χ1v) is 2.44. The molecule has 0 saturated heterocycles. The van der Waals surface area contributed by atoms with E-state index in [-0.39, 0.29) is 62.5 Å². The van der Waals surface area contributed by atoms with E-state index in [1.165, 1.54) is 7.11 Å². The molecule has 1 radical (unpaired) electrons. The largest absolute Gasteiger partial charge is 0.674 e. The van der Waals surface area contributed by atoms with E-state index in [0.717, 1.165) is 0 Å². The first kappa shape index (κ1) is 12.5. The predicted molar refractivity (Wildman–Crippen MR) is 30.4 cm³/mol. The van der Waals surface area contributed by atoms with Crippen molar-refractivity contribution in [3.05, 3.63) is 5.73 Å². The van der Waals surface area contributed by atoms with Crippen molar-refractivity contribution in [1.29, 1.82) is 0 Å². The van der Waals surface area contributed by atoms with Gasteiger partial charge in [0.25, 0.3) is 0 Å². The van der Waals surface area contributed by atoms with E-state index in [1.54, 1.807) is 6.92 Å². The van der Waals surface area contributed by atoms with Gasteiger partial charge in [-0.05, 0) is 0 Å². The van der Waals surface area contributed by atoms with Gasteiger partial charge in [0.2, 0.25) is 0 Å². The van der Waals surface area contributed by atoms with Crippen LogP contribution in [-0.4, -0.2) is 19.1 Å². The zero-order valence-electron chi connectivity index (χ0n) is 5.68. The van der Waals surface area contributed by atoms with Crippen molar-refractivity contribution in [2.75, 3.05) is 7.11 Å². The number of esters is 1. The van der Waals surface area contributed by atoms with Crippen LogP contribution in [0.5, 0.6) is 0 Å². The Labute approximate surface area is 90.9 Å². The average molecular weight is 343 g/mol. The number of methoxy groups -OCH3 is 1. The van der Waals surface area contributed by atoms with Gasteiger partial charge in [0.15, 0.2) is 0 Å². The van der Waals surface area contributed by atoms with E-state index in [9.17, 15) is 4.79 Å². The summed E-state index contributed by atoms with van der Waals surface area (Å²) < 4.78 is 4.30. The van der Waals surface area contributed by atoms with Gasteiger partial charge in [0, 0.05) is 50.5 Å². The van der Waals surface area contributed by atoms with Crippen LogP contribution in [-0.2, 0) is 9.53 Å². The smallest absolute Gasteiger partial charge is 0.304 e. The molecule has 0 aromatic carbocycles. The van der Waals surface area contributed by atoms with Gasteiger partial charge in [-0.1, -0.05) is 6.92 Å². The molecule has 4 heteroatoms. The van der Waals surface area contributed by atoms with Crippen LogP contribution in [0.15, 0.2) is 0 Å². The Hall–Kier alpha value is 0.872. The zero-order valence-corrected chi connectivity index (χ0v) is 10.4. The second-order valence-electron chi connectivity index (χ2n) is 1.68. The van der Waals surface area contributed by atoms with Crippen LogP contribution in [0.1, 0.15) is 13.3 Å². The number of carbonyl (C=O) groups excluding carboxylic acids is 1. The van der Waals surface area contributed by atoms with Gasteiger partial charge in [-0.2, -0.15) is 0 Å². The third-order valence-electron chi connectivity index (χ3n) is 0.701. The van der Waals surface area contributed by atoms with E-state index in [2.05, 4.69) is 4.74 Å². The molecule has 0 amide bonds. The maximum Gasteiger partial charge on any atom is 0.304 e. The summed E-state index contributed by atoms with van der Waals surface area (Å²) in [4.78, 5) is 10.3.